The summed E-state index contributed by atoms with van der Waals surface area (Å²) in [7, 11) is 5.88. The van der Waals surface area contributed by atoms with Crippen LogP contribution in [0, 0.1) is 0 Å². The molecule has 0 atom stereocenters. The van der Waals surface area contributed by atoms with Gasteiger partial charge < -0.3 is 19.9 Å². The maximum atomic E-state index is 13.4. The number of aliphatic imine (C=N–C) groups is 1. The number of amides is 1. The standard InChI is InChI=1S/C33H32N4O2/c1-36(2)21-24-14-17-27(18-15-24)34-31(25-12-8-5-9-13-25)30-28-20-26(16-19-29(28)35-32(30)38)33(39)37(3)22-23-10-6-4-7-11-23/h4-20,35,38H,21-22H2,1-3H3. The molecule has 39 heavy (non-hydrogen) atoms. The largest absolute Gasteiger partial charge is 0.494 e. The summed E-state index contributed by atoms with van der Waals surface area (Å²) in [6, 6.07) is 33.3. The van der Waals surface area contributed by atoms with E-state index >= 15 is 0 Å². The summed E-state index contributed by atoms with van der Waals surface area (Å²) < 4.78 is 0. The van der Waals surface area contributed by atoms with Crippen LogP contribution in [0.1, 0.15) is 32.6 Å². The summed E-state index contributed by atoms with van der Waals surface area (Å²) in [5.41, 5.74) is 6.36. The van der Waals surface area contributed by atoms with Crippen molar-refractivity contribution in [2.24, 2.45) is 4.99 Å². The molecule has 0 fully saturated rings. The quantitative estimate of drug-likeness (QED) is 0.235. The van der Waals surface area contributed by atoms with Crippen molar-refractivity contribution >= 4 is 28.2 Å². The minimum atomic E-state index is -0.0953. The van der Waals surface area contributed by atoms with Crippen molar-refractivity contribution < 1.29 is 9.90 Å². The zero-order chi connectivity index (χ0) is 27.4. The number of rotatable bonds is 8. The zero-order valence-electron chi connectivity index (χ0n) is 22.4. The summed E-state index contributed by atoms with van der Waals surface area (Å²) >= 11 is 0. The van der Waals surface area contributed by atoms with Crippen molar-refractivity contribution in [1.82, 2.24) is 14.8 Å². The van der Waals surface area contributed by atoms with Gasteiger partial charge in [0.1, 0.15) is 0 Å². The minimum absolute atomic E-state index is 0.0130. The van der Waals surface area contributed by atoms with Crippen LogP contribution in [-0.2, 0) is 13.1 Å². The molecule has 6 heteroatoms. The number of fused-ring (bicyclic) bond motifs is 1. The Balaban J connectivity index is 1.56. The molecule has 0 bridgehead atoms. The highest BCUT2D eigenvalue weighted by Crippen LogP contribution is 2.32. The fourth-order valence-electron chi connectivity index (χ4n) is 4.73. The lowest BCUT2D eigenvalue weighted by Gasteiger charge is -2.17. The predicted molar refractivity (Wildman–Crippen MR) is 158 cm³/mol. The molecular weight excluding hydrogens is 484 g/mol. The molecule has 2 N–H and O–H groups in total. The number of aromatic hydroxyl groups is 1. The number of hydrogen-bond donors (Lipinski definition) is 2. The number of hydrogen-bond acceptors (Lipinski definition) is 4. The van der Waals surface area contributed by atoms with Gasteiger partial charge in [-0.15, -0.1) is 0 Å². The van der Waals surface area contributed by atoms with Crippen LogP contribution in [0.25, 0.3) is 10.9 Å². The summed E-state index contributed by atoms with van der Waals surface area (Å²) in [4.78, 5) is 25.3. The smallest absolute Gasteiger partial charge is 0.253 e. The Hall–Kier alpha value is -4.68. The first kappa shape index (κ1) is 25.9. The van der Waals surface area contributed by atoms with E-state index in [9.17, 15) is 9.90 Å². The summed E-state index contributed by atoms with van der Waals surface area (Å²) in [5, 5.41) is 11.8. The Bertz CT molecular complexity index is 1600. The van der Waals surface area contributed by atoms with E-state index in [0.717, 1.165) is 34.3 Å². The SMILES string of the molecule is CN(C)Cc1ccc(N=C(c2ccccc2)c2c(O)[nH]c3ccc(C(=O)N(C)Cc4ccccc4)cc23)cc1. The van der Waals surface area contributed by atoms with E-state index in [4.69, 9.17) is 4.99 Å². The van der Waals surface area contributed by atoms with Crippen LogP contribution in [0.2, 0.25) is 0 Å². The van der Waals surface area contributed by atoms with Gasteiger partial charge in [0.15, 0.2) is 5.88 Å². The van der Waals surface area contributed by atoms with E-state index in [1.807, 2.05) is 99.0 Å². The highest BCUT2D eigenvalue weighted by atomic mass is 16.3. The Morgan fingerprint density at radius 3 is 2.08 bits per heavy atom. The number of H-pyrrole nitrogens is 1. The number of benzene rings is 4. The van der Waals surface area contributed by atoms with Gasteiger partial charge in [-0.3, -0.25) is 4.79 Å². The van der Waals surface area contributed by atoms with Crippen LogP contribution in [0.4, 0.5) is 5.69 Å². The lowest BCUT2D eigenvalue weighted by molar-refractivity contribution is 0.0785. The van der Waals surface area contributed by atoms with Crippen LogP contribution in [0.15, 0.2) is 108 Å². The van der Waals surface area contributed by atoms with E-state index in [2.05, 4.69) is 22.0 Å². The molecule has 196 valence electrons. The molecule has 0 aliphatic carbocycles. The maximum absolute atomic E-state index is 13.4. The maximum Gasteiger partial charge on any atom is 0.253 e. The highest BCUT2D eigenvalue weighted by molar-refractivity contribution is 6.22. The Labute approximate surface area is 228 Å². The molecule has 0 aliphatic rings. The summed E-state index contributed by atoms with van der Waals surface area (Å²) in [6.45, 7) is 1.35. The van der Waals surface area contributed by atoms with Crippen LogP contribution in [0.3, 0.4) is 0 Å². The van der Waals surface area contributed by atoms with Crippen molar-refractivity contribution in [3.8, 4) is 5.88 Å². The van der Waals surface area contributed by atoms with E-state index in [1.165, 1.54) is 5.56 Å². The molecule has 5 rings (SSSR count). The van der Waals surface area contributed by atoms with E-state index in [1.54, 1.807) is 18.0 Å². The second-order valence-electron chi connectivity index (χ2n) is 9.99. The highest BCUT2D eigenvalue weighted by Gasteiger charge is 2.21. The monoisotopic (exact) mass is 516 g/mol. The molecular formula is C33H32N4O2. The second kappa shape index (κ2) is 11.4. The first-order valence-corrected chi connectivity index (χ1v) is 12.9. The normalized spacial score (nSPS) is 11.7. The van der Waals surface area contributed by atoms with Crippen LogP contribution in [0.5, 0.6) is 5.88 Å². The van der Waals surface area contributed by atoms with E-state index in [-0.39, 0.29) is 11.8 Å². The van der Waals surface area contributed by atoms with Gasteiger partial charge in [-0.25, -0.2) is 4.99 Å². The molecule has 0 aliphatic heterocycles. The van der Waals surface area contributed by atoms with Gasteiger partial charge >= 0.3 is 0 Å². The number of carbonyl (C=O) groups is 1. The van der Waals surface area contributed by atoms with Crippen LogP contribution < -0.4 is 0 Å². The molecule has 0 radical (unpaired) electrons. The van der Waals surface area contributed by atoms with Crippen LogP contribution >= 0.6 is 0 Å². The fraction of sp³-hybridized carbons (Fsp3) is 0.152. The molecule has 6 nitrogen and oxygen atoms in total. The number of aromatic nitrogens is 1. The summed E-state index contributed by atoms with van der Waals surface area (Å²) in [6.07, 6.45) is 0. The van der Waals surface area contributed by atoms with Gasteiger partial charge in [-0.05, 0) is 55.6 Å². The second-order valence-corrected chi connectivity index (χ2v) is 9.99. The molecule has 0 saturated heterocycles. The van der Waals surface area contributed by atoms with Gasteiger partial charge in [0.2, 0.25) is 0 Å². The van der Waals surface area contributed by atoms with Gasteiger partial charge in [0, 0.05) is 42.2 Å². The first-order chi connectivity index (χ1) is 18.9. The molecule has 5 aromatic rings. The predicted octanol–water partition coefficient (Wildman–Crippen LogP) is 6.38. The number of nitrogens with one attached hydrogen (secondary N) is 1. The third-order valence-corrected chi connectivity index (χ3v) is 6.60. The molecule has 0 spiro atoms. The Morgan fingerprint density at radius 2 is 1.41 bits per heavy atom. The van der Waals surface area contributed by atoms with Crippen molar-refractivity contribution in [2.45, 2.75) is 13.1 Å². The van der Waals surface area contributed by atoms with Crippen molar-refractivity contribution in [3.63, 3.8) is 0 Å². The van der Waals surface area contributed by atoms with Gasteiger partial charge in [-0.2, -0.15) is 0 Å². The van der Waals surface area contributed by atoms with Crippen LogP contribution in [-0.4, -0.2) is 52.7 Å². The number of aromatic amines is 1. The first-order valence-electron chi connectivity index (χ1n) is 12.9. The van der Waals surface area contributed by atoms with Crippen molar-refractivity contribution in [2.75, 3.05) is 21.1 Å². The lowest BCUT2D eigenvalue weighted by Crippen LogP contribution is -2.26. The average molecular weight is 517 g/mol. The average Bonchev–Trinajstić information content (AvgIpc) is 3.27. The Kier molecular flexibility index (Phi) is 7.57. The van der Waals surface area contributed by atoms with Gasteiger partial charge in [0.05, 0.1) is 17.0 Å². The number of carbonyl (C=O) groups excluding carboxylic acids is 1. The minimum Gasteiger partial charge on any atom is -0.494 e. The lowest BCUT2D eigenvalue weighted by atomic mass is 9.99. The Morgan fingerprint density at radius 1 is 0.769 bits per heavy atom. The number of nitrogens with zero attached hydrogens (tertiary/aromatic N) is 3. The molecule has 0 saturated carbocycles. The molecule has 1 aromatic heterocycles. The topological polar surface area (TPSA) is 71.9 Å². The fourth-order valence-corrected chi connectivity index (χ4v) is 4.73. The van der Waals surface area contributed by atoms with Gasteiger partial charge in [0.25, 0.3) is 5.91 Å². The zero-order valence-corrected chi connectivity index (χ0v) is 22.4. The van der Waals surface area contributed by atoms with E-state index < -0.39 is 0 Å². The van der Waals surface area contributed by atoms with Crippen molar-refractivity contribution in [1.29, 1.82) is 0 Å². The molecule has 0 unspecified atom stereocenters. The van der Waals surface area contributed by atoms with Crippen molar-refractivity contribution in [3.05, 3.63) is 131 Å². The van der Waals surface area contributed by atoms with Gasteiger partial charge in [-0.1, -0.05) is 72.8 Å². The summed E-state index contributed by atoms with van der Waals surface area (Å²) in [5.74, 6) is -0.0823. The third-order valence-electron chi connectivity index (χ3n) is 6.60. The molecule has 1 heterocycles. The molecule has 4 aromatic carbocycles. The molecule has 1 amide bonds. The van der Waals surface area contributed by atoms with E-state index in [0.29, 0.717) is 23.4 Å². The third kappa shape index (κ3) is 5.92.